The Labute approximate surface area is 121 Å². The number of hydrogen-bond acceptors (Lipinski definition) is 6. The third-order valence-corrected chi connectivity index (χ3v) is 5.89. The van der Waals surface area contributed by atoms with Gasteiger partial charge in [-0.2, -0.15) is 0 Å². The van der Waals surface area contributed by atoms with Gasteiger partial charge in [-0.25, -0.2) is 22.9 Å². The van der Waals surface area contributed by atoms with Crippen LogP contribution in [-0.2, 0) is 14.8 Å². The fourth-order valence-corrected chi connectivity index (χ4v) is 4.60. The lowest BCUT2D eigenvalue weighted by Gasteiger charge is -2.35. The second kappa shape index (κ2) is 5.40. The fourth-order valence-electron chi connectivity index (χ4n) is 2.17. The quantitative estimate of drug-likeness (QED) is 0.860. The highest BCUT2D eigenvalue weighted by Gasteiger charge is 2.33. The summed E-state index contributed by atoms with van der Waals surface area (Å²) in [7, 11) is -3.87. The molecule has 2 rings (SSSR count). The Morgan fingerprint density at radius 3 is 2.90 bits per heavy atom. The number of thiazole rings is 1. The van der Waals surface area contributed by atoms with Crippen LogP contribution in [0.4, 0.5) is 0 Å². The molecule has 1 saturated heterocycles. The van der Waals surface area contributed by atoms with Crippen LogP contribution in [-0.4, -0.2) is 42.7 Å². The molecule has 1 unspecified atom stereocenters. The van der Waals surface area contributed by atoms with Crippen molar-refractivity contribution in [2.45, 2.75) is 42.5 Å². The summed E-state index contributed by atoms with van der Waals surface area (Å²) >= 11 is 0.800. The SMILES string of the molecule is CC1(C)CC(NS(=O)(=O)c2scnc2C(=O)O)CCO1. The van der Waals surface area contributed by atoms with Gasteiger partial charge in [0.1, 0.15) is 0 Å². The van der Waals surface area contributed by atoms with Crippen molar-refractivity contribution < 1.29 is 23.1 Å². The van der Waals surface area contributed by atoms with Crippen LogP contribution in [0.5, 0.6) is 0 Å². The van der Waals surface area contributed by atoms with Gasteiger partial charge >= 0.3 is 5.97 Å². The molecule has 20 heavy (non-hydrogen) atoms. The smallest absolute Gasteiger partial charge is 0.356 e. The molecule has 1 aliphatic rings. The zero-order valence-corrected chi connectivity index (χ0v) is 12.8. The first kappa shape index (κ1) is 15.4. The van der Waals surface area contributed by atoms with E-state index in [1.807, 2.05) is 13.8 Å². The van der Waals surface area contributed by atoms with Crippen LogP contribution in [0, 0.1) is 0 Å². The molecular weight excluding hydrogens is 304 g/mol. The van der Waals surface area contributed by atoms with Crippen LogP contribution >= 0.6 is 11.3 Å². The van der Waals surface area contributed by atoms with Gasteiger partial charge in [0.25, 0.3) is 10.0 Å². The van der Waals surface area contributed by atoms with Crippen LogP contribution in [0.2, 0.25) is 0 Å². The summed E-state index contributed by atoms with van der Waals surface area (Å²) in [5.41, 5.74) is 0.384. The van der Waals surface area contributed by atoms with E-state index in [1.54, 1.807) is 0 Å². The maximum atomic E-state index is 12.3. The summed E-state index contributed by atoms with van der Waals surface area (Å²) in [6.07, 6.45) is 1.09. The average molecular weight is 320 g/mol. The van der Waals surface area contributed by atoms with Crippen LogP contribution in [0.1, 0.15) is 37.2 Å². The second-order valence-electron chi connectivity index (χ2n) is 5.21. The molecule has 0 spiro atoms. The maximum Gasteiger partial charge on any atom is 0.356 e. The highest BCUT2D eigenvalue weighted by Crippen LogP contribution is 2.26. The van der Waals surface area contributed by atoms with Gasteiger partial charge in [-0.3, -0.25) is 0 Å². The summed E-state index contributed by atoms with van der Waals surface area (Å²) in [5.74, 6) is -1.35. The predicted molar refractivity (Wildman–Crippen MR) is 72.4 cm³/mol. The van der Waals surface area contributed by atoms with Gasteiger partial charge in [0, 0.05) is 12.6 Å². The van der Waals surface area contributed by atoms with E-state index in [2.05, 4.69) is 9.71 Å². The van der Waals surface area contributed by atoms with Crippen molar-refractivity contribution >= 4 is 27.3 Å². The molecule has 0 saturated carbocycles. The van der Waals surface area contributed by atoms with Crippen LogP contribution < -0.4 is 4.72 Å². The summed E-state index contributed by atoms with van der Waals surface area (Å²) in [4.78, 5) is 14.5. The minimum absolute atomic E-state index is 0.255. The number of carboxylic acid groups (broad SMARTS) is 1. The molecule has 1 aliphatic heterocycles. The Kier molecular flexibility index (Phi) is 4.14. The number of hydrogen-bond donors (Lipinski definition) is 2. The molecule has 1 aromatic rings. The Bertz CT molecular complexity index is 608. The fraction of sp³-hybridized carbons (Fsp3) is 0.636. The first-order valence-electron chi connectivity index (χ1n) is 6.04. The minimum atomic E-state index is -3.87. The van der Waals surface area contributed by atoms with Gasteiger partial charge in [0.05, 0.1) is 11.1 Å². The Balaban J connectivity index is 2.19. The molecule has 0 bridgehead atoms. The van der Waals surface area contributed by atoms with Crippen molar-refractivity contribution in [1.82, 2.24) is 9.71 Å². The van der Waals surface area contributed by atoms with E-state index < -0.39 is 27.3 Å². The summed E-state index contributed by atoms with van der Waals surface area (Å²) in [5, 5.41) is 8.94. The molecule has 2 heterocycles. The van der Waals surface area contributed by atoms with Gasteiger partial charge in [-0.15, -0.1) is 11.3 Å². The molecule has 1 aromatic heterocycles. The predicted octanol–water partition coefficient (Wildman–Crippen LogP) is 1.08. The van der Waals surface area contributed by atoms with Crippen molar-refractivity contribution in [3.63, 3.8) is 0 Å². The molecule has 1 fully saturated rings. The van der Waals surface area contributed by atoms with Crippen molar-refractivity contribution in [3.8, 4) is 0 Å². The van der Waals surface area contributed by atoms with Crippen molar-refractivity contribution in [2.75, 3.05) is 6.61 Å². The van der Waals surface area contributed by atoms with Crippen LogP contribution in [0.25, 0.3) is 0 Å². The van der Waals surface area contributed by atoms with E-state index in [-0.39, 0.29) is 10.3 Å². The number of nitrogens with one attached hydrogen (secondary N) is 1. The van der Waals surface area contributed by atoms with Gasteiger partial charge in [0.15, 0.2) is 9.90 Å². The monoisotopic (exact) mass is 320 g/mol. The normalized spacial score (nSPS) is 22.6. The highest BCUT2D eigenvalue weighted by molar-refractivity contribution is 7.91. The number of aromatic nitrogens is 1. The molecule has 9 heteroatoms. The molecule has 7 nitrogen and oxygen atoms in total. The largest absolute Gasteiger partial charge is 0.476 e. The summed E-state index contributed by atoms with van der Waals surface area (Å²) < 4.78 is 32.3. The van der Waals surface area contributed by atoms with Gasteiger partial charge in [-0.1, -0.05) is 0 Å². The van der Waals surface area contributed by atoms with E-state index in [0.29, 0.717) is 19.4 Å². The number of ether oxygens (including phenoxy) is 1. The lowest BCUT2D eigenvalue weighted by atomic mass is 9.95. The topological polar surface area (TPSA) is 106 Å². The van der Waals surface area contributed by atoms with Gasteiger partial charge in [0.2, 0.25) is 0 Å². The number of aromatic carboxylic acids is 1. The molecule has 2 N–H and O–H groups in total. The molecular formula is C11H16N2O5S2. The van der Waals surface area contributed by atoms with E-state index >= 15 is 0 Å². The number of nitrogens with zero attached hydrogens (tertiary/aromatic N) is 1. The third kappa shape index (κ3) is 3.35. The number of carbonyl (C=O) groups is 1. The maximum absolute atomic E-state index is 12.3. The Morgan fingerprint density at radius 2 is 2.30 bits per heavy atom. The van der Waals surface area contributed by atoms with Crippen molar-refractivity contribution in [2.24, 2.45) is 0 Å². The van der Waals surface area contributed by atoms with Crippen LogP contribution in [0.15, 0.2) is 9.72 Å². The van der Waals surface area contributed by atoms with E-state index in [1.165, 1.54) is 5.51 Å². The molecule has 0 aliphatic carbocycles. The first-order valence-corrected chi connectivity index (χ1v) is 8.41. The number of sulfonamides is 1. The Morgan fingerprint density at radius 1 is 1.60 bits per heavy atom. The third-order valence-electron chi connectivity index (χ3n) is 3.00. The lowest BCUT2D eigenvalue weighted by Crippen LogP contribution is -2.45. The molecule has 0 amide bonds. The van der Waals surface area contributed by atoms with E-state index in [0.717, 1.165) is 11.3 Å². The molecule has 112 valence electrons. The molecule has 0 aromatic carbocycles. The van der Waals surface area contributed by atoms with E-state index in [4.69, 9.17) is 9.84 Å². The molecule has 1 atom stereocenters. The zero-order chi connectivity index (χ0) is 15.0. The number of carboxylic acids is 1. The lowest BCUT2D eigenvalue weighted by molar-refractivity contribution is -0.0599. The summed E-state index contributed by atoms with van der Waals surface area (Å²) in [6, 6.07) is -0.271. The standard InChI is InChI=1S/C11H16N2O5S2/c1-11(2)5-7(3-4-18-11)13-20(16,17)10-8(9(14)15)12-6-19-10/h6-7,13H,3-5H2,1-2H3,(H,14,15). The highest BCUT2D eigenvalue weighted by atomic mass is 32.2. The summed E-state index contributed by atoms with van der Waals surface area (Å²) in [6.45, 7) is 4.25. The minimum Gasteiger partial charge on any atom is -0.476 e. The molecule has 0 radical (unpaired) electrons. The first-order chi connectivity index (χ1) is 9.21. The zero-order valence-electron chi connectivity index (χ0n) is 11.1. The van der Waals surface area contributed by atoms with Gasteiger partial charge < -0.3 is 9.84 Å². The Hall–Kier alpha value is -1.03. The number of rotatable bonds is 4. The van der Waals surface area contributed by atoms with Crippen molar-refractivity contribution in [3.05, 3.63) is 11.2 Å². The second-order valence-corrected chi connectivity index (χ2v) is 7.98. The van der Waals surface area contributed by atoms with Crippen molar-refractivity contribution in [1.29, 1.82) is 0 Å². The van der Waals surface area contributed by atoms with Gasteiger partial charge in [-0.05, 0) is 26.7 Å². The van der Waals surface area contributed by atoms with E-state index in [9.17, 15) is 13.2 Å². The average Bonchev–Trinajstić information content (AvgIpc) is 2.76. The van der Waals surface area contributed by atoms with Crippen LogP contribution in [0.3, 0.4) is 0 Å².